The molecule has 0 spiro atoms. The number of hydrogen-bond donors (Lipinski definition) is 4. The fourth-order valence-electron chi connectivity index (χ4n) is 4.70. The molecule has 0 aromatic heterocycles. The molecule has 3 amide bonds. The van der Waals surface area contributed by atoms with Gasteiger partial charge in [0.2, 0.25) is 11.8 Å². The summed E-state index contributed by atoms with van der Waals surface area (Å²) in [5.41, 5.74) is 1.89. The quantitative estimate of drug-likeness (QED) is 0.158. The molecule has 0 bridgehead atoms. The lowest BCUT2D eigenvalue weighted by atomic mass is 9.97. The molecule has 2 aromatic rings. The Morgan fingerprint density at radius 1 is 1.00 bits per heavy atom. The molecule has 3 atom stereocenters. The number of unbranched alkanes of at least 4 members (excludes halogenated alkanes) is 1. The maximum atomic E-state index is 13.3. The van der Waals surface area contributed by atoms with Crippen LogP contribution in [0.15, 0.2) is 72.8 Å². The largest absolute Gasteiger partial charge is 0.463 e. The topological polar surface area (TPSA) is 143 Å². The fraction of sp³-hybridized carbons (Fsp3) is 0.455. The number of aliphatic hydroxyl groups is 1. The standard InChI is InChI=1S/C33H43N3O7/c37-22-29(20-25-12-4-1-5-13-25)35-30(38)21-27-16-8-3-9-18-31(39)42-24-28(36-32(27)40)17-10-11-19-34-33(41)43-23-26-14-6-2-7-15-26/h1-8,12-15,27-29,37H,9-11,16-24H2,(H,34,41)(H,35,38)(H,36,40). The van der Waals surface area contributed by atoms with E-state index in [-0.39, 0.29) is 50.4 Å². The zero-order valence-corrected chi connectivity index (χ0v) is 24.5. The SMILES string of the molecule is O=C(CC1CC=CCCC(=O)OCC(CCCCNC(=O)OCc2ccccc2)NC1=O)NC(CO)Cc1ccccc1. The molecule has 10 nitrogen and oxygen atoms in total. The van der Waals surface area contributed by atoms with Gasteiger partial charge in [-0.2, -0.15) is 0 Å². The summed E-state index contributed by atoms with van der Waals surface area (Å²) in [4.78, 5) is 50.3. The number of carbonyl (C=O) groups is 4. The zero-order valence-electron chi connectivity index (χ0n) is 24.5. The summed E-state index contributed by atoms with van der Waals surface area (Å²) in [5, 5.41) is 18.3. The van der Waals surface area contributed by atoms with Crippen LogP contribution in [0.2, 0.25) is 0 Å². The molecule has 43 heavy (non-hydrogen) atoms. The molecule has 10 heteroatoms. The smallest absolute Gasteiger partial charge is 0.407 e. The van der Waals surface area contributed by atoms with Gasteiger partial charge in [-0.3, -0.25) is 14.4 Å². The van der Waals surface area contributed by atoms with E-state index >= 15 is 0 Å². The summed E-state index contributed by atoms with van der Waals surface area (Å²) in [6.45, 7) is 0.402. The van der Waals surface area contributed by atoms with E-state index in [9.17, 15) is 24.3 Å². The van der Waals surface area contributed by atoms with Crippen molar-refractivity contribution in [3.63, 3.8) is 0 Å². The minimum atomic E-state index is -0.619. The molecule has 0 fully saturated rings. The molecule has 232 valence electrons. The number of cyclic esters (lactones) is 1. The van der Waals surface area contributed by atoms with Gasteiger partial charge in [-0.15, -0.1) is 0 Å². The first-order valence-corrected chi connectivity index (χ1v) is 14.9. The second kappa shape index (κ2) is 19.1. The second-order valence-electron chi connectivity index (χ2n) is 10.7. The fourth-order valence-corrected chi connectivity index (χ4v) is 4.70. The maximum Gasteiger partial charge on any atom is 0.407 e. The van der Waals surface area contributed by atoms with Crippen LogP contribution in [0, 0.1) is 5.92 Å². The van der Waals surface area contributed by atoms with E-state index in [0.717, 1.165) is 11.1 Å². The summed E-state index contributed by atoms with van der Waals surface area (Å²) in [6.07, 6.45) is 6.46. The predicted octanol–water partition coefficient (Wildman–Crippen LogP) is 3.58. The van der Waals surface area contributed by atoms with E-state index in [1.165, 1.54) is 0 Å². The van der Waals surface area contributed by atoms with Crippen LogP contribution in [0.4, 0.5) is 4.79 Å². The number of nitrogens with one attached hydrogen (secondary N) is 3. The Morgan fingerprint density at radius 3 is 2.44 bits per heavy atom. The summed E-state index contributed by atoms with van der Waals surface area (Å²) in [7, 11) is 0. The Balaban J connectivity index is 1.48. The van der Waals surface area contributed by atoms with Crippen molar-refractivity contribution in [1.82, 2.24) is 16.0 Å². The van der Waals surface area contributed by atoms with Crippen LogP contribution >= 0.6 is 0 Å². The van der Waals surface area contributed by atoms with Crippen LogP contribution in [-0.4, -0.2) is 60.8 Å². The number of esters is 1. The van der Waals surface area contributed by atoms with Crippen LogP contribution in [0.5, 0.6) is 0 Å². The van der Waals surface area contributed by atoms with Crippen molar-refractivity contribution in [2.45, 2.75) is 70.1 Å². The van der Waals surface area contributed by atoms with E-state index in [1.54, 1.807) is 0 Å². The molecule has 3 unspecified atom stereocenters. The summed E-state index contributed by atoms with van der Waals surface area (Å²) in [5.74, 6) is -1.57. The highest BCUT2D eigenvalue weighted by atomic mass is 16.5. The van der Waals surface area contributed by atoms with Crippen molar-refractivity contribution in [3.05, 3.63) is 83.9 Å². The van der Waals surface area contributed by atoms with Gasteiger partial charge in [-0.05, 0) is 49.7 Å². The van der Waals surface area contributed by atoms with Crippen molar-refractivity contribution in [1.29, 1.82) is 0 Å². The number of ether oxygens (including phenoxy) is 2. The van der Waals surface area contributed by atoms with Crippen LogP contribution in [0.1, 0.15) is 56.1 Å². The molecule has 4 N–H and O–H groups in total. The van der Waals surface area contributed by atoms with E-state index < -0.39 is 24.1 Å². The monoisotopic (exact) mass is 593 g/mol. The Morgan fingerprint density at radius 2 is 1.72 bits per heavy atom. The zero-order chi connectivity index (χ0) is 30.7. The van der Waals surface area contributed by atoms with E-state index in [1.807, 2.05) is 72.8 Å². The van der Waals surface area contributed by atoms with Crippen LogP contribution < -0.4 is 16.0 Å². The first-order valence-electron chi connectivity index (χ1n) is 14.9. The summed E-state index contributed by atoms with van der Waals surface area (Å²) < 4.78 is 10.6. The van der Waals surface area contributed by atoms with Crippen LogP contribution in [0.3, 0.4) is 0 Å². The Hall–Kier alpha value is -4.18. The molecule has 1 aliphatic rings. The highest BCUT2D eigenvalue weighted by Gasteiger charge is 2.25. The predicted molar refractivity (Wildman–Crippen MR) is 162 cm³/mol. The molecular weight excluding hydrogens is 550 g/mol. The van der Waals surface area contributed by atoms with Crippen molar-refractivity contribution in [3.8, 4) is 0 Å². The average Bonchev–Trinajstić information content (AvgIpc) is 3.01. The van der Waals surface area contributed by atoms with Gasteiger partial charge in [0.05, 0.1) is 24.6 Å². The number of hydrogen-bond acceptors (Lipinski definition) is 7. The number of amides is 3. The second-order valence-corrected chi connectivity index (χ2v) is 10.7. The molecule has 0 saturated carbocycles. The lowest BCUT2D eigenvalue weighted by Crippen LogP contribution is -2.45. The third-order valence-corrected chi connectivity index (χ3v) is 7.07. The summed E-state index contributed by atoms with van der Waals surface area (Å²) >= 11 is 0. The molecule has 1 aliphatic heterocycles. The van der Waals surface area contributed by atoms with Gasteiger partial charge in [-0.1, -0.05) is 72.8 Å². The number of aliphatic hydroxyl groups excluding tert-OH is 1. The van der Waals surface area contributed by atoms with Gasteiger partial charge < -0.3 is 30.5 Å². The number of allylic oxidation sites excluding steroid dienone is 2. The average molecular weight is 594 g/mol. The van der Waals surface area contributed by atoms with Gasteiger partial charge in [0.15, 0.2) is 0 Å². The number of benzene rings is 2. The van der Waals surface area contributed by atoms with E-state index in [2.05, 4.69) is 16.0 Å². The van der Waals surface area contributed by atoms with E-state index in [4.69, 9.17) is 9.47 Å². The van der Waals surface area contributed by atoms with Crippen molar-refractivity contribution in [2.75, 3.05) is 19.8 Å². The Labute approximate surface area is 253 Å². The summed E-state index contributed by atoms with van der Waals surface area (Å²) in [6, 6.07) is 18.1. The molecule has 0 radical (unpaired) electrons. The lowest BCUT2D eigenvalue weighted by Gasteiger charge is -2.23. The number of alkyl carbamates (subject to hydrolysis) is 1. The molecular formula is C33H43N3O7. The van der Waals surface area contributed by atoms with Gasteiger partial charge in [-0.25, -0.2) is 4.79 Å². The first kappa shape index (κ1) is 33.3. The van der Waals surface area contributed by atoms with Gasteiger partial charge in [0.1, 0.15) is 13.2 Å². The Kier molecular flexibility index (Phi) is 14.8. The third kappa shape index (κ3) is 13.6. The normalized spacial score (nSPS) is 18.3. The third-order valence-electron chi connectivity index (χ3n) is 7.07. The van der Waals surface area contributed by atoms with Crippen LogP contribution in [0.25, 0.3) is 0 Å². The number of carbonyl (C=O) groups excluding carboxylic acids is 4. The van der Waals surface area contributed by atoms with Gasteiger partial charge in [0.25, 0.3) is 0 Å². The van der Waals surface area contributed by atoms with Gasteiger partial charge in [0, 0.05) is 19.4 Å². The van der Waals surface area contributed by atoms with Gasteiger partial charge >= 0.3 is 12.1 Å². The highest BCUT2D eigenvalue weighted by Crippen LogP contribution is 2.15. The maximum absolute atomic E-state index is 13.3. The minimum Gasteiger partial charge on any atom is -0.463 e. The van der Waals surface area contributed by atoms with E-state index in [0.29, 0.717) is 45.1 Å². The molecule has 1 heterocycles. The number of rotatable bonds is 13. The van der Waals surface area contributed by atoms with Crippen molar-refractivity contribution >= 4 is 23.9 Å². The Bertz CT molecular complexity index is 1170. The minimum absolute atomic E-state index is 0.0312. The lowest BCUT2D eigenvalue weighted by molar-refractivity contribution is -0.145. The molecule has 0 aliphatic carbocycles. The van der Waals surface area contributed by atoms with Crippen LogP contribution in [-0.2, 0) is 36.9 Å². The highest BCUT2D eigenvalue weighted by molar-refractivity contribution is 5.86. The molecule has 3 rings (SSSR count). The van der Waals surface area contributed by atoms with Crippen molar-refractivity contribution < 1.29 is 33.8 Å². The van der Waals surface area contributed by atoms with Crippen molar-refractivity contribution in [2.24, 2.45) is 5.92 Å². The first-order chi connectivity index (χ1) is 20.9. The molecule has 0 saturated heterocycles. The molecule has 2 aromatic carbocycles.